The summed E-state index contributed by atoms with van der Waals surface area (Å²) in [5.74, 6) is -1.11. The van der Waals surface area contributed by atoms with Gasteiger partial charge in [-0.25, -0.2) is 18.0 Å². The van der Waals surface area contributed by atoms with Crippen molar-refractivity contribution in [3.8, 4) is 5.69 Å². The summed E-state index contributed by atoms with van der Waals surface area (Å²) in [5, 5.41) is 0. The minimum absolute atomic E-state index is 0.234. The molecule has 0 aliphatic heterocycles. The van der Waals surface area contributed by atoms with Crippen LogP contribution in [-0.4, -0.2) is 42.1 Å². The number of sulfonamides is 1. The zero-order chi connectivity index (χ0) is 22.8. The van der Waals surface area contributed by atoms with Crippen molar-refractivity contribution in [3.05, 3.63) is 82.0 Å². The predicted molar refractivity (Wildman–Crippen MR) is 115 cm³/mol. The Bertz CT molecular complexity index is 1270. The average molecular weight is 443 g/mol. The molecule has 0 unspecified atom stereocenters. The lowest BCUT2D eigenvalue weighted by Gasteiger charge is -2.13. The van der Waals surface area contributed by atoms with Gasteiger partial charge in [-0.3, -0.25) is 14.1 Å². The highest BCUT2D eigenvalue weighted by atomic mass is 32.2. The molecule has 1 atom stereocenters. The Kier molecular flexibility index (Phi) is 6.11. The number of aromatic nitrogens is 2. The highest BCUT2D eigenvalue weighted by Crippen LogP contribution is 2.15. The van der Waals surface area contributed by atoms with Crippen LogP contribution in [0.4, 0.5) is 5.69 Å². The molecule has 2 aromatic carbocycles. The number of carbonyl (C=O) groups is 2. The van der Waals surface area contributed by atoms with Gasteiger partial charge in [0.05, 0.1) is 17.5 Å². The van der Waals surface area contributed by atoms with Gasteiger partial charge in [-0.05, 0) is 62.4 Å². The van der Waals surface area contributed by atoms with Gasteiger partial charge in [-0.2, -0.15) is 0 Å². The Morgan fingerprint density at radius 3 is 2.13 bits per heavy atom. The maximum absolute atomic E-state index is 12.5. The fraction of sp³-hybridized carbons (Fsp3) is 0.190. The number of hydrogen-bond acceptors (Lipinski definition) is 6. The van der Waals surface area contributed by atoms with E-state index in [1.165, 1.54) is 47.9 Å². The summed E-state index contributed by atoms with van der Waals surface area (Å²) >= 11 is 0. The van der Waals surface area contributed by atoms with Crippen LogP contribution in [0.3, 0.4) is 0 Å². The molecule has 0 saturated heterocycles. The summed E-state index contributed by atoms with van der Waals surface area (Å²) in [4.78, 5) is 39.4. The van der Waals surface area contributed by atoms with Gasteiger partial charge in [0.25, 0.3) is 0 Å². The number of nitrogens with one attached hydrogen (secondary N) is 2. The first-order valence-electron chi connectivity index (χ1n) is 9.25. The third kappa shape index (κ3) is 5.28. The molecule has 0 bridgehead atoms. The molecule has 1 heterocycles. The number of aromatic amines is 1. The Hall–Kier alpha value is -3.66. The van der Waals surface area contributed by atoms with Gasteiger partial charge in [-0.15, -0.1) is 0 Å². The van der Waals surface area contributed by atoms with Gasteiger partial charge in [0, 0.05) is 23.1 Å². The second-order valence-electron chi connectivity index (χ2n) is 6.98. The van der Waals surface area contributed by atoms with Crippen molar-refractivity contribution in [3.63, 3.8) is 0 Å². The summed E-state index contributed by atoms with van der Waals surface area (Å²) in [6.45, 7) is 3.23. The van der Waals surface area contributed by atoms with Crippen LogP contribution < -0.4 is 10.4 Å². The predicted octanol–water partition coefficient (Wildman–Crippen LogP) is 2.27. The van der Waals surface area contributed by atoms with Crippen molar-refractivity contribution >= 4 is 27.5 Å². The van der Waals surface area contributed by atoms with Crippen LogP contribution in [0.25, 0.3) is 5.69 Å². The van der Waals surface area contributed by atoms with E-state index in [2.05, 4.69) is 9.71 Å². The van der Waals surface area contributed by atoms with E-state index in [1.807, 2.05) is 0 Å². The largest absolute Gasteiger partial charge is 0.451 e. The molecule has 162 valence electrons. The molecule has 3 rings (SSSR count). The molecule has 0 fully saturated rings. The topological polar surface area (TPSA) is 127 Å². The average Bonchev–Trinajstić information content (AvgIpc) is 3.05. The van der Waals surface area contributed by atoms with Crippen molar-refractivity contribution in [2.45, 2.75) is 20.0 Å². The first-order valence-corrected chi connectivity index (χ1v) is 11.1. The number of rotatable bonds is 7. The zero-order valence-electron chi connectivity index (χ0n) is 17.1. The van der Waals surface area contributed by atoms with Gasteiger partial charge in [0.15, 0.2) is 6.10 Å². The summed E-state index contributed by atoms with van der Waals surface area (Å²) in [6.07, 6.45) is 1.56. The molecule has 9 nitrogen and oxygen atoms in total. The molecule has 0 aliphatic rings. The fourth-order valence-electron chi connectivity index (χ4n) is 2.96. The molecular formula is C21H21N3O6S. The molecular weight excluding hydrogens is 422 g/mol. The van der Waals surface area contributed by atoms with E-state index < -0.39 is 27.9 Å². The Morgan fingerprint density at radius 2 is 1.61 bits per heavy atom. The molecule has 2 N–H and O–H groups in total. The Morgan fingerprint density at radius 1 is 1.03 bits per heavy atom. The van der Waals surface area contributed by atoms with E-state index in [-0.39, 0.29) is 16.8 Å². The van der Waals surface area contributed by atoms with E-state index in [0.717, 1.165) is 11.9 Å². The van der Waals surface area contributed by atoms with Crippen molar-refractivity contribution in [1.29, 1.82) is 0 Å². The number of imidazole rings is 1. The summed E-state index contributed by atoms with van der Waals surface area (Å²) in [7, 11) is -3.42. The number of aryl methyl sites for hydroxylation is 1. The number of benzene rings is 2. The summed E-state index contributed by atoms with van der Waals surface area (Å²) < 4.78 is 31.5. The number of carbonyl (C=O) groups excluding carboxylic acids is 2. The summed E-state index contributed by atoms with van der Waals surface area (Å²) in [5.41, 5.74) is 1.85. The zero-order valence-corrected chi connectivity index (χ0v) is 17.9. The molecule has 0 saturated carbocycles. The SMILES string of the molecule is Cc1c[nH]c(=O)n1-c1ccc(C(=O)O[C@@H](C)C(=O)c2ccc(NS(C)(=O)=O)cc2)cc1. The lowest BCUT2D eigenvalue weighted by atomic mass is 10.1. The van der Waals surface area contributed by atoms with E-state index in [0.29, 0.717) is 11.4 Å². The van der Waals surface area contributed by atoms with Crippen molar-refractivity contribution < 1.29 is 22.7 Å². The lowest BCUT2D eigenvalue weighted by Crippen LogP contribution is -2.24. The molecule has 3 aromatic rings. The van der Waals surface area contributed by atoms with Crippen molar-refractivity contribution in [1.82, 2.24) is 9.55 Å². The number of hydrogen-bond donors (Lipinski definition) is 2. The highest BCUT2D eigenvalue weighted by molar-refractivity contribution is 7.92. The number of Topliss-reactive ketones (excluding diaryl/α,β-unsaturated/α-hetero) is 1. The number of esters is 1. The van der Waals surface area contributed by atoms with E-state index in [4.69, 9.17) is 4.74 Å². The first-order chi connectivity index (χ1) is 14.5. The maximum Gasteiger partial charge on any atom is 0.338 e. The second-order valence-corrected chi connectivity index (χ2v) is 8.73. The normalized spacial score (nSPS) is 12.2. The maximum atomic E-state index is 12.5. The summed E-state index contributed by atoms with van der Waals surface area (Å²) in [6, 6.07) is 12.0. The first kappa shape index (κ1) is 22.0. The molecule has 0 radical (unpaired) electrons. The monoisotopic (exact) mass is 443 g/mol. The standard InChI is InChI=1S/C21H21N3O6S/c1-13-12-22-21(27)24(13)18-10-6-16(7-11-18)20(26)30-14(2)19(25)15-4-8-17(9-5-15)23-31(3,28)29/h4-12,14,23H,1-3H3,(H,22,27)/t14-/m0/s1. The number of nitrogens with zero attached hydrogens (tertiary/aromatic N) is 1. The highest BCUT2D eigenvalue weighted by Gasteiger charge is 2.21. The third-order valence-electron chi connectivity index (χ3n) is 4.45. The number of H-pyrrole nitrogens is 1. The van der Waals surface area contributed by atoms with Gasteiger partial charge in [0.2, 0.25) is 15.8 Å². The molecule has 0 aliphatic carbocycles. The molecule has 10 heteroatoms. The minimum Gasteiger partial charge on any atom is -0.451 e. The molecule has 31 heavy (non-hydrogen) atoms. The van der Waals surface area contributed by atoms with Crippen molar-refractivity contribution in [2.75, 3.05) is 11.0 Å². The van der Waals surface area contributed by atoms with E-state index in [1.54, 1.807) is 25.3 Å². The fourth-order valence-corrected chi connectivity index (χ4v) is 3.52. The van der Waals surface area contributed by atoms with Crippen LogP contribution in [0.2, 0.25) is 0 Å². The van der Waals surface area contributed by atoms with Crippen LogP contribution in [0, 0.1) is 6.92 Å². The van der Waals surface area contributed by atoms with Crippen LogP contribution >= 0.6 is 0 Å². The molecule has 0 spiro atoms. The van der Waals surface area contributed by atoms with Crippen molar-refractivity contribution in [2.24, 2.45) is 0 Å². The van der Waals surface area contributed by atoms with E-state index >= 15 is 0 Å². The van der Waals surface area contributed by atoms with Crippen LogP contribution in [-0.2, 0) is 14.8 Å². The lowest BCUT2D eigenvalue weighted by molar-refractivity contribution is 0.0319. The Balaban J connectivity index is 1.67. The van der Waals surface area contributed by atoms with Gasteiger partial charge in [0.1, 0.15) is 0 Å². The van der Waals surface area contributed by atoms with Gasteiger partial charge < -0.3 is 9.72 Å². The molecule has 1 aromatic heterocycles. The number of anilines is 1. The molecule has 0 amide bonds. The van der Waals surface area contributed by atoms with E-state index in [9.17, 15) is 22.8 Å². The van der Waals surface area contributed by atoms with Crippen LogP contribution in [0.1, 0.15) is 33.3 Å². The van der Waals surface area contributed by atoms with Crippen LogP contribution in [0.15, 0.2) is 59.5 Å². The van der Waals surface area contributed by atoms with Crippen LogP contribution in [0.5, 0.6) is 0 Å². The number of ketones is 1. The minimum atomic E-state index is -3.42. The number of ether oxygens (including phenoxy) is 1. The third-order valence-corrected chi connectivity index (χ3v) is 5.05. The quantitative estimate of drug-likeness (QED) is 0.426. The van der Waals surface area contributed by atoms with Gasteiger partial charge in [-0.1, -0.05) is 0 Å². The Labute approximate surface area is 178 Å². The van der Waals surface area contributed by atoms with Gasteiger partial charge >= 0.3 is 11.7 Å². The second kappa shape index (κ2) is 8.60. The smallest absolute Gasteiger partial charge is 0.338 e.